The van der Waals surface area contributed by atoms with Crippen LogP contribution in [0.4, 0.5) is 5.69 Å². The molecule has 0 saturated carbocycles. The van der Waals surface area contributed by atoms with E-state index < -0.39 is 10.0 Å². The maximum atomic E-state index is 12.3. The van der Waals surface area contributed by atoms with Crippen LogP contribution in [0.5, 0.6) is 0 Å². The van der Waals surface area contributed by atoms with Crippen molar-refractivity contribution in [2.75, 3.05) is 37.8 Å². The number of rotatable bonds is 10. The van der Waals surface area contributed by atoms with E-state index in [0.717, 1.165) is 44.5 Å². The summed E-state index contributed by atoms with van der Waals surface area (Å²) < 4.78 is 30.3. The number of amides is 1. The highest BCUT2D eigenvalue weighted by molar-refractivity contribution is 7.88. The average molecular weight is 462 g/mol. The van der Waals surface area contributed by atoms with Crippen LogP contribution >= 0.6 is 0 Å². The maximum Gasteiger partial charge on any atom is 0.291 e. The van der Waals surface area contributed by atoms with Crippen LogP contribution in [0.25, 0.3) is 0 Å². The first-order valence-electron chi connectivity index (χ1n) is 11.4. The van der Waals surface area contributed by atoms with E-state index in [2.05, 4.69) is 30.1 Å². The molecule has 1 atom stereocenters. The minimum atomic E-state index is -3.09. The zero-order valence-electron chi connectivity index (χ0n) is 19.3. The zero-order valence-corrected chi connectivity index (χ0v) is 20.1. The Bertz CT molecular complexity index is 967. The molecule has 0 radical (unpaired) electrons. The highest BCUT2D eigenvalue weighted by Crippen LogP contribution is 2.22. The zero-order chi connectivity index (χ0) is 23.1. The van der Waals surface area contributed by atoms with E-state index in [0.29, 0.717) is 30.8 Å². The molecule has 8 heteroatoms. The summed E-state index contributed by atoms with van der Waals surface area (Å²) in [6, 6.07) is 11.6. The fourth-order valence-electron chi connectivity index (χ4n) is 4.38. The van der Waals surface area contributed by atoms with Gasteiger partial charge < -0.3 is 14.6 Å². The molecular formula is C24H35N3O4S. The second kappa shape index (κ2) is 11.1. The van der Waals surface area contributed by atoms with E-state index in [-0.39, 0.29) is 5.91 Å². The molecule has 1 fully saturated rings. The second-order valence-corrected chi connectivity index (χ2v) is 10.8. The molecule has 2 heterocycles. The summed E-state index contributed by atoms with van der Waals surface area (Å²) in [6.45, 7) is 7.68. The third-order valence-corrected chi connectivity index (χ3v) is 7.43. The van der Waals surface area contributed by atoms with Gasteiger partial charge in [0.2, 0.25) is 10.0 Å². The number of carbonyl (C=O) groups is 1. The van der Waals surface area contributed by atoms with Crippen LogP contribution in [0.1, 0.15) is 49.2 Å². The molecule has 176 valence electrons. The summed E-state index contributed by atoms with van der Waals surface area (Å²) in [6.07, 6.45) is 6.56. The Kier molecular flexibility index (Phi) is 8.51. The molecule has 1 N–H and O–H groups in total. The van der Waals surface area contributed by atoms with E-state index in [1.54, 1.807) is 16.4 Å². The number of carbonyl (C=O) groups excluding carboxylic acids is 1. The molecule has 1 aliphatic heterocycles. The fourth-order valence-corrected chi connectivity index (χ4v) is 5.25. The highest BCUT2D eigenvalue weighted by atomic mass is 32.2. The number of piperidine rings is 1. The van der Waals surface area contributed by atoms with Crippen molar-refractivity contribution in [2.24, 2.45) is 5.92 Å². The lowest BCUT2D eigenvalue weighted by Crippen LogP contribution is -2.44. The summed E-state index contributed by atoms with van der Waals surface area (Å²) >= 11 is 0. The Morgan fingerprint density at radius 2 is 2.00 bits per heavy atom. The molecule has 1 amide bonds. The van der Waals surface area contributed by atoms with Gasteiger partial charge in [0, 0.05) is 31.4 Å². The van der Waals surface area contributed by atoms with Crippen molar-refractivity contribution in [3.63, 3.8) is 0 Å². The van der Waals surface area contributed by atoms with Gasteiger partial charge in [0.15, 0.2) is 5.76 Å². The Morgan fingerprint density at radius 1 is 1.25 bits per heavy atom. The van der Waals surface area contributed by atoms with Crippen molar-refractivity contribution >= 4 is 21.6 Å². The molecule has 1 aliphatic rings. The highest BCUT2D eigenvalue weighted by Gasteiger charge is 2.27. The first-order valence-corrected chi connectivity index (χ1v) is 13.2. The van der Waals surface area contributed by atoms with Gasteiger partial charge in [-0.2, -0.15) is 0 Å². The van der Waals surface area contributed by atoms with Crippen LogP contribution in [0.15, 0.2) is 47.1 Å². The van der Waals surface area contributed by atoms with Crippen molar-refractivity contribution in [1.29, 1.82) is 0 Å². The fraction of sp³-hybridized carbons (Fsp3) is 0.542. The lowest BCUT2D eigenvalue weighted by molar-refractivity contribution is 0.0996. The maximum absolute atomic E-state index is 12.3. The predicted molar refractivity (Wildman–Crippen MR) is 127 cm³/mol. The number of benzene rings is 1. The Morgan fingerprint density at radius 3 is 2.62 bits per heavy atom. The van der Waals surface area contributed by atoms with Crippen LogP contribution in [0.3, 0.4) is 0 Å². The smallest absolute Gasteiger partial charge is 0.291 e. The lowest BCUT2D eigenvalue weighted by atomic mass is 9.96. The van der Waals surface area contributed by atoms with Crippen molar-refractivity contribution in [2.45, 2.75) is 45.6 Å². The largest absolute Gasteiger partial charge is 0.459 e. The molecule has 2 aromatic rings. The molecule has 7 nitrogen and oxygen atoms in total. The molecular weight excluding hydrogens is 426 g/mol. The van der Waals surface area contributed by atoms with Gasteiger partial charge in [0.1, 0.15) is 0 Å². The van der Waals surface area contributed by atoms with Crippen LogP contribution in [-0.4, -0.2) is 62.0 Å². The number of nitrogens with zero attached hydrogens (tertiary/aromatic N) is 2. The van der Waals surface area contributed by atoms with Gasteiger partial charge >= 0.3 is 0 Å². The first-order chi connectivity index (χ1) is 15.3. The molecule has 1 aromatic carbocycles. The molecule has 0 bridgehead atoms. The van der Waals surface area contributed by atoms with Gasteiger partial charge in [-0.3, -0.25) is 4.79 Å². The summed E-state index contributed by atoms with van der Waals surface area (Å²) in [5.41, 5.74) is 1.93. The second-order valence-electron chi connectivity index (χ2n) is 8.79. The number of hydrogen-bond acceptors (Lipinski definition) is 5. The van der Waals surface area contributed by atoms with E-state index in [1.165, 1.54) is 18.1 Å². The first kappa shape index (κ1) is 24.5. The molecule has 1 unspecified atom stereocenters. The predicted octanol–water partition coefficient (Wildman–Crippen LogP) is 3.85. The summed E-state index contributed by atoms with van der Waals surface area (Å²) in [7, 11) is -3.09. The van der Waals surface area contributed by atoms with Crippen molar-refractivity contribution in [1.82, 2.24) is 9.21 Å². The minimum Gasteiger partial charge on any atom is -0.459 e. The van der Waals surface area contributed by atoms with Gasteiger partial charge in [-0.15, -0.1) is 0 Å². The van der Waals surface area contributed by atoms with Crippen molar-refractivity contribution in [3.8, 4) is 0 Å². The van der Waals surface area contributed by atoms with Crippen LogP contribution in [0, 0.1) is 5.92 Å². The van der Waals surface area contributed by atoms with Crippen LogP contribution in [-0.2, 0) is 16.4 Å². The third-order valence-electron chi connectivity index (χ3n) is 6.13. The number of furan rings is 1. The summed E-state index contributed by atoms with van der Waals surface area (Å²) in [5, 5.41) is 2.89. The normalized spacial score (nSPS) is 16.9. The quantitative estimate of drug-likeness (QED) is 0.581. The Balaban J connectivity index is 1.57. The van der Waals surface area contributed by atoms with Gasteiger partial charge in [0.25, 0.3) is 5.91 Å². The van der Waals surface area contributed by atoms with Crippen molar-refractivity contribution in [3.05, 3.63) is 54.0 Å². The average Bonchev–Trinajstić information content (AvgIpc) is 3.28. The lowest BCUT2D eigenvalue weighted by Gasteiger charge is -2.36. The molecule has 1 aromatic heterocycles. The number of hydrogen-bond donors (Lipinski definition) is 1. The van der Waals surface area contributed by atoms with E-state index in [4.69, 9.17) is 4.42 Å². The summed E-state index contributed by atoms with van der Waals surface area (Å²) in [4.78, 5) is 14.8. The Hall–Kier alpha value is -2.16. The molecule has 0 spiro atoms. The topological polar surface area (TPSA) is 82.9 Å². The summed E-state index contributed by atoms with van der Waals surface area (Å²) in [5.74, 6) is 0.550. The van der Waals surface area contributed by atoms with E-state index >= 15 is 0 Å². The molecule has 32 heavy (non-hydrogen) atoms. The third kappa shape index (κ3) is 6.92. The molecule has 0 aliphatic carbocycles. The Labute approximate surface area is 191 Å². The standard InChI is InChI=1S/C24H35N3O4S/c1-4-12-26(18-20-10-13-27(14-11-20)32(3,29)30)19(2)16-21-7-5-8-22(17-21)25-24(28)23-9-6-15-31-23/h5-9,15,17,19-20H,4,10-14,16,18H2,1-3H3,(H,25,28). The number of sulfonamides is 1. The van der Waals surface area contributed by atoms with Crippen molar-refractivity contribution < 1.29 is 17.6 Å². The monoisotopic (exact) mass is 461 g/mol. The van der Waals surface area contributed by atoms with Gasteiger partial charge in [-0.25, -0.2) is 12.7 Å². The van der Waals surface area contributed by atoms with Crippen LogP contribution < -0.4 is 5.32 Å². The molecule has 1 saturated heterocycles. The number of nitrogens with one attached hydrogen (secondary N) is 1. The van der Waals surface area contributed by atoms with Crippen LogP contribution in [0.2, 0.25) is 0 Å². The van der Waals surface area contributed by atoms with Gasteiger partial charge in [0.05, 0.1) is 12.5 Å². The molecule has 3 rings (SSSR count). The van der Waals surface area contributed by atoms with E-state index in [1.807, 2.05) is 18.2 Å². The van der Waals surface area contributed by atoms with E-state index in [9.17, 15) is 13.2 Å². The van der Waals surface area contributed by atoms with Gasteiger partial charge in [-0.05, 0) is 74.9 Å². The SMILES string of the molecule is CCCN(CC1CCN(S(C)(=O)=O)CC1)C(C)Cc1cccc(NC(=O)c2ccco2)c1. The van der Waals surface area contributed by atoms with Gasteiger partial charge in [-0.1, -0.05) is 19.1 Å². The minimum absolute atomic E-state index is 0.256. The number of anilines is 1.